The number of rotatable bonds is 6. The van der Waals surface area contributed by atoms with Gasteiger partial charge in [0.05, 0.1) is 0 Å². The smallest absolute Gasteiger partial charge is 0.0457 e. The summed E-state index contributed by atoms with van der Waals surface area (Å²) in [5, 5.41) is 4.82. The lowest BCUT2D eigenvalue weighted by molar-refractivity contribution is 0.735. The Labute approximate surface area is 123 Å². The second-order valence-corrected chi connectivity index (χ2v) is 5.87. The number of thioether (sulfide) groups is 1. The van der Waals surface area contributed by atoms with Gasteiger partial charge in [0.15, 0.2) is 0 Å². The molecule has 102 valence electrons. The molecule has 20 heavy (non-hydrogen) atoms. The zero-order valence-corrected chi connectivity index (χ0v) is 12.1. The summed E-state index contributed by atoms with van der Waals surface area (Å²) in [5.74, 6) is 1.09. The third kappa shape index (κ3) is 3.24. The lowest BCUT2D eigenvalue weighted by Gasteiger charge is -2.04. The summed E-state index contributed by atoms with van der Waals surface area (Å²) < 4.78 is 0. The van der Waals surface area contributed by atoms with Crippen LogP contribution in [-0.2, 0) is 6.54 Å². The highest BCUT2D eigenvalue weighted by Gasteiger charge is 2.01. The molecular formula is C17H18N2S. The van der Waals surface area contributed by atoms with Gasteiger partial charge in [0.1, 0.15) is 0 Å². The van der Waals surface area contributed by atoms with Gasteiger partial charge in [-0.3, -0.25) is 0 Å². The summed E-state index contributed by atoms with van der Waals surface area (Å²) in [6.07, 6.45) is 2.10. The van der Waals surface area contributed by atoms with Crippen molar-refractivity contribution in [3.05, 3.63) is 66.4 Å². The van der Waals surface area contributed by atoms with E-state index in [1.807, 2.05) is 11.8 Å². The van der Waals surface area contributed by atoms with Crippen molar-refractivity contribution in [2.24, 2.45) is 0 Å². The molecule has 3 heteroatoms. The predicted molar refractivity (Wildman–Crippen MR) is 87.2 cm³/mol. The average molecular weight is 282 g/mol. The molecule has 3 rings (SSSR count). The van der Waals surface area contributed by atoms with Crippen LogP contribution in [0.15, 0.2) is 65.7 Å². The van der Waals surface area contributed by atoms with Gasteiger partial charge in [-0.05, 0) is 23.8 Å². The normalized spacial score (nSPS) is 11.0. The van der Waals surface area contributed by atoms with E-state index in [1.54, 1.807) is 0 Å². The quantitative estimate of drug-likeness (QED) is 0.527. The Bertz CT molecular complexity index is 661. The number of aromatic amines is 1. The summed E-state index contributed by atoms with van der Waals surface area (Å²) >= 11 is 1.89. The zero-order chi connectivity index (χ0) is 13.6. The van der Waals surface area contributed by atoms with Crippen LogP contribution in [0.4, 0.5) is 0 Å². The Morgan fingerprint density at radius 1 is 0.950 bits per heavy atom. The minimum absolute atomic E-state index is 0.916. The van der Waals surface area contributed by atoms with Crippen LogP contribution in [0.3, 0.4) is 0 Å². The van der Waals surface area contributed by atoms with Crippen LogP contribution in [0.1, 0.15) is 5.56 Å². The van der Waals surface area contributed by atoms with Gasteiger partial charge >= 0.3 is 0 Å². The van der Waals surface area contributed by atoms with E-state index in [1.165, 1.54) is 21.4 Å². The van der Waals surface area contributed by atoms with E-state index in [0.29, 0.717) is 0 Å². The maximum Gasteiger partial charge on any atom is 0.0457 e. The second-order valence-electron chi connectivity index (χ2n) is 4.70. The van der Waals surface area contributed by atoms with Gasteiger partial charge in [-0.1, -0.05) is 36.4 Å². The average Bonchev–Trinajstić information content (AvgIpc) is 2.91. The van der Waals surface area contributed by atoms with E-state index in [9.17, 15) is 0 Å². The lowest BCUT2D eigenvalue weighted by atomic mass is 10.2. The number of benzene rings is 2. The number of fused-ring (bicyclic) bond motifs is 1. The first kappa shape index (κ1) is 13.3. The third-order valence-corrected chi connectivity index (χ3v) is 4.29. The van der Waals surface area contributed by atoms with Gasteiger partial charge < -0.3 is 10.3 Å². The Morgan fingerprint density at radius 2 is 1.75 bits per heavy atom. The molecule has 3 aromatic rings. The molecule has 1 aromatic heterocycles. The minimum Gasteiger partial charge on any atom is -0.361 e. The summed E-state index contributed by atoms with van der Waals surface area (Å²) in [4.78, 5) is 4.64. The fraction of sp³-hybridized carbons (Fsp3) is 0.176. The first-order valence-corrected chi connectivity index (χ1v) is 7.85. The molecule has 0 saturated heterocycles. The molecule has 0 bridgehead atoms. The number of para-hydroxylation sites is 1. The molecule has 0 unspecified atom stereocenters. The van der Waals surface area contributed by atoms with Gasteiger partial charge in [-0.15, -0.1) is 11.8 Å². The van der Waals surface area contributed by atoms with E-state index in [4.69, 9.17) is 0 Å². The molecule has 0 radical (unpaired) electrons. The van der Waals surface area contributed by atoms with Crippen molar-refractivity contribution in [2.45, 2.75) is 11.4 Å². The van der Waals surface area contributed by atoms with Crippen molar-refractivity contribution in [3.8, 4) is 0 Å². The maximum atomic E-state index is 3.51. The molecular weight excluding hydrogens is 264 g/mol. The molecule has 0 saturated carbocycles. The number of H-pyrrole nitrogens is 1. The second kappa shape index (κ2) is 6.64. The molecule has 0 fully saturated rings. The van der Waals surface area contributed by atoms with Crippen LogP contribution in [0, 0.1) is 0 Å². The summed E-state index contributed by atoms with van der Waals surface area (Å²) in [7, 11) is 0. The molecule has 0 spiro atoms. The van der Waals surface area contributed by atoms with Gasteiger partial charge in [-0.2, -0.15) is 0 Å². The van der Waals surface area contributed by atoms with Crippen LogP contribution in [-0.4, -0.2) is 17.3 Å². The fourth-order valence-corrected chi connectivity index (χ4v) is 3.09. The molecule has 0 aliphatic carbocycles. The first-order chi connectivity index (χ1) is 9.93. The molecule has 0 atom stereocenters. The van der Waals surface area contributed by atoms with Crippen LogP contribution in [0.25, 0.3) is 10.9 Å². The van der Waals surface area contributed by atoms with Crippen LogP contribution >= 0.6 is 11.8 Å². The van der Waals surface area contributed by atoms with Crippen LogP contribution in [0.5, 0.6) is 0 Å². The highest BCUT2D eigenvalue weighted by atomic mass is 32.2. The Morgan fingerprint density at radius 3 is 2.65 bits per heavy atom. The van der Waals surface area contributed by atoms with E-state index in [0.717, 1.165) is 18.8 Å². The highest BCUT2D eigenvalue weighted by Crippen LogP contribution is 2.18. The third-order valence-electron chi connectivity index (χ3n) is 3.28. The summed E-state index contributed by atoms with van der Waals surface area (Å²) in [6.45, 7) is 1.93. The van der Waals surface area contributed by atoms with Crippen molar-refractivity contribution >= 4 is 22.7 Å². The van der Waals surface area contributed by atoms with E-state index in [2.05, 4.69) is 71.1 Å². The summed E-state index contributed by atoms with van der Waals surface area (Å²) in [5.41, 5.74) is 2.55. The predicted octanol–water partition coefficient (Wildman–Crippen LogP) is 4.05. The van der Waals surface area contributed by atoms with E-state index >= 15 is 0 Å². The Kier molecular flexibility index (Phi) is 4.41. The number of nitrogens with one attached hydrogen (secondary N) is 2. The van der Waals surface area contributed by atoms with Gasteiger partial charge in [-0.25, -0.2) is 0 Å². The van der Waals surface area contributed by atoms with Crippen molar-refractivity contribution in [2.75, 3.05) is 12.3 Å². The maximum absolute atomic E-state index is 3.51. The van der Waals surface area contributed by atoms with Crippen molar-refractivity contribution in [1.82, 2.24) is 10.3 Å². The van der Waals surface area contributed by atoms with Crippen LogP contribution < -0.4 is 5.32 Å². The molecule has 2 nitrogen and oxygen atoms in total. The molecule has 2 aromatic carbocycles. The largest absolute Gasteiger partial charge is 0.361 e. The fourth-order valence-electron chi connectivity index (χ4n) is 2.26. The first-order valence-electron chi connectivity index (χ1n) is 6.87. The van der Waals surface area contributed by atoms with E-state index < -0.39 is 0 Å². The molecule has 1 heterocycles. The van der Waals surface area contributed by atoms with Gasteiger partial charge in [0.25, 0.3) is 0 Å². The van der Waals surface area contributed by atoms with Crippen LogP contribution in [0.2, 0.25) is 0 Å². The van der Waals surface area contributed by atoms with Crippen molar-refractivity contribution in [1.29, 1.82) is 0 Å². The van der Waals surface area contributed by atoms with Gasteiger partial charge in [0.2, 0.25) is 0 Å². The molecule has 2 N–H and O–H groups in total. The topological polar surface area (TPSA) is 27.8 Å². The lowest BCUT2D eigenvalue weighted by Crippen LogP contribution is -2.16. The van der Waals surface area contributed by atoms with Gasteiger partial charge in [0, 0.05) is 40.8 Å². The minimum atomic E-state index is 0.916. The number of hydrogen-bond donors (Lipinski definition) is 2. The highest BCUT2D eigenvalue weighted by molar-refractivity contribution is 7.99. The Hall–Kier alpha value is -1.71. The molecule has 0 aliphatic heterocycles. The number of hydrogen-bond acceptors (Lipinski definition) is 2. The molecule has 0 amide bonds. The van der Waals surface area contributed by atoms with Crippen molar-refractivity contribution < 1.29 is 0 Å². The monoisotopic (exact) mass is 282 g/mol. The SMILES string of the molecule is c1ccc(SCCNCc2c[nH]c3ccccc23)cc1. The molecule has 0 aliphatic rings. The number of aromatic nitrogens is 1. The Balaban J connectivity index is 1.46. The van der Waals surface area contributed by atoms with Crippen molar-refractivity contribution in [3.63, 3.8) is 0 Å². The zero-order valence-electron chi connectivity index (χ0n) is 11.3. The van der Waals surface area contributed by atoms with E-state index in [-0.39, 0.29) is 0 Å². The standard InChI is InChI=1S/C17H18N2S/c1-2-6-15(7-3-1)20-11-10-18-12-14-13-19-17-9-5-4-8-16(14)17/h1-9,13,18-19H,10-12H2. The summed E-state index contributed by atoms with van der Waals surface area (Å²) in [6, 6.07) is 19.0.